The lowest BCUT2D eigenvalue weighted by molar-refractivity contribution is -0.155. The first kappa shape index (κ1) is 60.8. The summed E-state index contributed by atoms with van der Waals surface area (Å²) in [7, 11) is 0. The molecule has 0 aliphatic rings. The van der Waals surface area contributed by atoms with E-state index >= 15 is 0 Å². The van der Waals surface area contributed by atoms with Crippen molar-refractivity contribution in [1.29, 1.82) is 0 Å². The molecule has 3 aromatic carbocycles. The zero-order valence-electron chi connectivity index (χ0n) is 44.7. The Bertz CT molecular complexity index is 1570. The Morgan fingerprint density at radius 2 is 0.757 bits per heavy atom. The van der Waals surface area contributed by atoms with Crippen LogP contribution < -0.4 is 5.32 Å². The van der Waals surface area contributed by atoms with Crippen molar-refractivity contribution in [2.24, 2.45) is 0 Å². The fraction of sp³-hybridized carbons (Fsp3) is 0.683. The number of esters is 1. The lowest BCUT2D eigenvalue weighted by atomic mass is 9.80. The van der Waals surface area contributed by atoms with E-state index in [0.717, 1.165) is 61.6 Å². The third-order valence-electron chi connectivity index (χ3n) is 14.4. The molecule has 3 aromatic rings. The fourth-order valence-electron chi connectivity index (χ4n) is 10.1. The monoisotopic (exact) mass is 968 g/mol. The van der Waals surface area contributed by atoms with E-state index in [1.807, 2.05) is 91.0 Å². The Balaban J connectivity index is 1.57. The quantitative estimate of drug-likeness (QED) is 0.0296. The van der Waals surface area contributed by atoms with Gasteiger partial charge in [0.05, 0.1) is 18.8 Å². The van der Waals surface area contributed by atoms with Crippen LogP contribution in [0.3, 0.4) is 0 Å². The predicted molar refractivity (Wildman–Crippen MR) is 293 cm³/mol. The number of carbonyl (C=O) groups is 2. The molecule has 7 heteroatoms. The van der Waals surface area contributed by atoms with Crippen molar-refractivity contribution in [3.05, 3.63) is 108 Å². The molecule has 7 nitrogen and oxygen atoms in total. The third-order valence-corrected chi connectivity index (χ3v) is 14.4. The van der Waals surface area contributed by atoms with Crippen molar-refractivity contribution in [2.75, 3.05) is 6.61 Å². The summed E-state index contributed by atoms with van der Waals surface area (Å²) in [6.07, 6.45) is 37.6. The number of aliphatic hydroxyl groups is 2. The fourth-order valence-corrected chi connectivity index (χ4v) is 10.1. The van der Waals surface area contributed by atoms with E-state index in [1.54, 1.807) is 0 Å². The van der Waals surface area contributed by atoms with Crippen LogP contribution in [0, 0.1) is 0 Å². The predicted octanol–water partition coefficient (Wildman–Crippen LogP) is 16.4. The smallest absolute Gasteiger partial charge is 0.303 e. The number of aliphatic hydroxyl groups excluding tert-OH is 2. The van der Waals surface area contributed by atoms with Gasteiger partial charge in [0.25, 0.3) is 5.91 Å². The zero-order chi connectivity index (χ0) is 50.2. The van der Waals surface area contributed by atoms with Gasteiger partial charge in [-0.15, -0.1) is 0 Å². The zero-order valence-corrected chi connectivity index (χ0v) is 44.7. The normalized spacial score (nSPS) is 13.4. The Labute approximate surface area is 428 Å². The number of rotatable bonds is 45. The van der Waals surface area contributed by atoms with Gasteiger partial charge in [-0.1, -0.05) is 304 Å². The second kappa shape index (κ2) is 40.0. The summed E-state index contributed by atoms with van der Waals surface area (Å²) in [5.74, 6) is -1.01. The Hall–Kier alpha value is -3.52. The van der Waals surface area contributed by atoms with Crippen molar-refractivity contribution in [1.82, 2.24) is 5.32 Å². The van der Waals surface area contributed by atoms with Crippen molar-refractivity contribution >= 4 is 11.9 Å². The molecule has 394 valence electrons. The minimum absolute atomic E-state index is 0.118. The van der Waals surface area contributed by atoms with Gasteiger partial charge < -0.3 is 25.0 Å². The van der Waals surface area contributed by atoms with Crippen LogP contribution in [0.2, 0.25) is 0 Å². The van der Waals surface area contributed by atoms with Gasteiger partial charge in [0.2, 0.25) is 0 Å². The van der Waals surface area contributed by atoms with Gasteiger partial charge in [-0.3, -0.25) is 9.59 Å². The largest absolute Gasteiger partial charge is 0.452 e. The molecule has 0 aliphatic heterocycles. The third kappa shape index (κ3) is 25.7. The van der Waals surface area contributed by atoms with Gasteiger partial charge in [-0.05, 0) is 36.0 Å². The topological polar surface area (TPSA) is 105 Å². The number of carbonyl (C=O) groups excluding carboxylic acids is 2. The maximum atomic E-state index is 14.2. The standard InChI is InChI=1S/C63H101NO6/c1-4-6-8-10-12-14-16-18-19-20-21-22-23-24-25-27-29-31-33-44-52-60(70-54(3)65)62(68)64-58(61(67)59(66)51-43-32-30-28-26-17-15-13-11-9-7-5-2)53-69-63(55-45-37-34-38-46-55,56-47-39-35-40-48-56)57-49-41-36-42-50-57/h34-42,45-50,58-61,66-67H,4-33,43-44,51-53H2,1-3H3,(H,64,68)/t58-,59+,60+,61-/m0/s1. The lowest BCUT2D eigenvalue weighted by Gasteiger charge is -2.38. The van der Waals surface area contributed by atoms with Crippen LogP contribution in [0.1, 0.15) is 256 Å². The van der Waals surface area contributed by atoms with Gasteiger partial charge in [-0.2, -0.15) is 0 Å². The number of benzene rings is 3. The van der Waals surface area contributed by atoms with E-state index in [0.29, 0.717) is 12.8 Å². The van der Waals surface area contributed by atoms with E-state index in [-0.39, 0.29) is 6.61 Å². The molecule has 3 rings (SSSR count). The van der Waals surface area contributed by atoms with Gasteiger partial charge in [0.1, 0.15) is 11.7 Å². The van der Waals surface area contributed by atoms with Crippen LogP contribution in [0.5, 0.6) is 0 Å². The SMILES string of the molecule is CCCCCCCCCCCCCCCCCCCCCC[C@@H](OC(C)=O)C(=O)N[C@@H](COC(c1ccccc1)(c1ccccc1)c1ccccc1)[C@H](O)[C@H](O)CCCCCCCCCCCCCC. The summed E-state index contributed by atoms with van der Waals surface area (Å²) in [6, 6.07) is 29.0. The number of hydrogen-bond acceptors (Lipinski definition) is 6. The molecule has 0 saturated carbocycles. The van der Waals surface area contributed by atoms with Crippen LogP contribution in [0.25, 0.3) is 0 Å². The van der Waals surface area contributed by atoms with Gasteiger partial charge >= 0.3 is 5.97 Å². The Kier molecular flexibility index (Phi) is 34.7. The molecule has 0 radical (unpaired) electrons. The van der Waals surface area contributed by atoms with Crippen LogP contribution in [0.15, 0.2) is 91.0 Å². The highest BCUT2D eigenvalue weighted by molar-refractivity contribution is 5.83. The maximum Gasteiger partial charge on any atom is 0.303 e. The summed E-state index contributed by atoms with van der Waals surface area (Å²) in [6.45, 7) is 5.75. The molecule has 0 fully saturated rings. The van der Waals surface area contributed by atoms with E-state index in [1.165, 1.54) is 167 Å². The molecule has 0 bridgehead atoms. The molecule has 4 atom stereocenters. The van der Waals surface area contributed by atoms with Crippen molar-refractivity contribution in [3.63, 3.8) is 0 Å². The number of nitrogens with one attached hydrogen (secondary N) is 1. The summed E-state index contributed by atoms with van der Waals surface area (Å²) >= 11 is 0. The second-order valence-corrected chi connectivity index (χ2v) is 20.5. The molecular weight excluding hydrogens is 867 g/mol. The van der Waals surface area contributed by atoms with E-state index in [9.17, 15) is 19.8 Å². The number of unbranched alkanes of at least 4 members (excludes halogenated alkanes) is 30. The first-order valence-electron chi connectivity index (χ1n) is 29.0. The Morgan fingerprint density at radius 1 is 0.457 bits per heavy atom. The Morgan fingerprint density at radius 3 is 1.07 bits per heavy atom. The first-order valence-corrected chi connectivity index (χ1v) is 29.0. The molecule has 0 heterocycles. The van der Waals surface area contributed by atoms with E-state index in [2.05, 4.69) is 19.2 Å². The number of hydrogen-bond donors (Lipinski definition) is 3. The molecular formula is C63H101NO6. The van der Waals surface area contributed by atoms with Crippen LogP contribution >= 0.6 is 0 Å². The average Bonchev–Trinajstić information content (AvgIpc) is 3.38. The number of amides is 1. The summed E-state index contributed by atoms with van der Waals surface area (Å²) in [4.78, 5) is 26.6. The van der Waals surface area contributed by atoms with Crippen molar-refractivity contribution < 1.29 is 29.3 Å². The first-order chi connectivity index (χ1) is 34.3. The van der Waals surface area contributed by atoms with Crippen LogP contribution in [0.4, 0.5) is 0 Å². The van der Waals surface area contributed by atoms with Crippen LogP contribution in [-0.4, -0.2) is 53.1 Å². The maximum absolute atomic E-state index is 14.2. The molecule has 70 heavy (non-hydrogen) atoms. The molecule has 1 amide bonds. The molecule has 0 aromatic heterocycles. The summed E-state index contributed by atoms with van der Waals surface area (Å²) in [5.41, 5.74) is 1.57. The highest BCUT2D eigenvalue weighted by Gasteiger charge is 2.40. The van der Waals surface area contributed by atoms with Gasteiger partial charge in [0, 0.05) is 6.92 Å². The van der Waals surface area contributed by atoms with Crippen molar-refractivity contribution in [2.45, 2.75) is 269 Å². The van der Waals surface area contributed by atoms with Crippen LogP contribution in [-0.2, 0) is 24.7 Å². The van der Waals surface area contributed by atoms with Gasteiger partial charge in [0.15, 0.2) is 6.10 Å². The highest BCUT2D eigenvalue weighted by atomic mass is 16.5. The van der Waals surface area contributed by atoms with E-state index < -0.39 is 41.8 Å². The second-order valence-electron chi connectivity index (χ2n) is 20.5. The summed E-state index contributed by atoms with van der Waals surface area (Å²) in [5, 5.41) is 26.6. The lowest BCUT2D eigenvalue weighted by Crippen LogP contribution is -2.55. The van der Waals surface area contributed by atoms with E-state index in [4.69, 9.17) is 9.47 Å². The average molecular weight is 969 g/mol. The molecule has 0 spiro atoms. The minimum atomic E-state index is -1.32. The number of ether oxygens (including phenoxy) is 2. The minimum Gasteiger partial charge on any atom is -0.452 e. The molecule has 0 saturated heterocycles. The molecule has 0 unspecified atom stereocenters. The molecule has 0 aliphatic carbocycles. The van der Waals surface area contributed by atoms with Gasteiger partial charge in [-0.25, -0.2) is 0 Å². The molecule has 3 N–H and O–H groups in total. The highest BCUT2D eigenvalue weighted by Crippen LogP contribution is 2.40. The summed E-state index contributed by atoms with van der Waals surface area (Å²) < 4.78 is 12.8. The van der Waals surface area contributed by atoms with Crippen molar-refractivity contribution in [3.8, 4) is 0 Å².